The van der Waals surface area contributed by atoms with E-state index in [4.69, 9.17) is 17.4 Å². The predicted molar refractivity (Wildman–Crippen MR) is 74.3 cm³/mol. The molecule has 18 heavy (non-hydrogen) atoms. The first-order valence-corrected chi connectivity index (χ1v) is 5.87. The number of hydrazine groups is 1. The topological polar surface area (TPSA) is 66.7 Å². The average Bonchev–Trinajstić information content (AvgIpc) is 2.81. The van der Waals surface area contributed by atoms with Crippen LogP contribution in [0.25, 0.3) is 22.4 Å². The average molecular weight is 259 g/mol. The lowest BCUT2D eigenvalue weighted by Crippen LogP contribution is -2.05. The Morgan fingerprint density at radius 3 is 2.78 bits per heavy atom. The van der Waals surface area contributed by atoms with Crippen molar-refractivity contribution < 1.29 is 0 Å². The van der Waals surface area contributed by atoms with Crippen LogP contribution in [0.4, 0.5) is 5.69 Å². The van der Waals surface area contributed by atoms with E-state index in [1.165, 1.54) is 0 Å². The number of halogens is 1. The third-order valence-corrected chi connectivity index (χ3v) is 3.11. The van der Waals surface area contributed by atoms with Gasteiger partial charge < -0.3 is 10.4 Å². The van der Waals surface area contributed by atoms with Crippen LogP contribution in [-0.2, 0) is 0 Å². The van der Waals surface area contributed by atoms with Gasteiger partial charge in [-0.15, -0.1) is 0 Å². The molecule has 0 radical (unpaired) electrons. The molecule has 4 nitrogen and oxygen atoms in total. The monoisotopic (exact) mass is 258 g/mol. The highest BCUT2D eigenvalue weighted by atomic mass is 35.5. The van der Waals surface area contributed by atoms with Crippen LogP contribution in [0.15, 0.2) is 42.5 Å². The van der Waals surface area contributed by atoms with E-state index in [-0.39, 0.29) is 0 Å². The fraction of sp³-hybridized carbons (Fsp3) is 0. The van der Waals surface area contributed by atoms with Crippen molar-refractivity contribution in [1.29, 1.82) is 0 Å². The zero-order chi connectivity index (χ0) is 12.5. The Labute approximate surface area is 109 Å². The van der Waals surface area contributed by atoms with Gasteiger partial charge in [-0.1, -0.05) is 23.7 Å². The standard InChI is InChI=1S/C13H11ClN4/c14-10-4-2-1-3-9(10)13-16-11-6-5-8(18-15)7-12(11)17-13/h1-7,18H,15H2,(H,16,17). The number of nitrogens with one attached hydrogen (secondary N) is 2. The first-order chi connectivity index (χ1) is 8.78. The molecule has 0 saturated heterocycles. The maximum atomic E-state index is 6.15. The number of nitrogens with two attached hydrogens (primary N) is 1. The lowest BCUT2D eigenvalue weighted by Gasteiger charge is -1.98. The molecule has 1 aromatic heterocycles. The molecule has 3 aromatic rings. The molecule has 0 aliphatic carbocycles. The van der Waals surface area contributed by atoms with E-state index in [0.717, 1.165) is 28.1 Å². The molecule has 0 spiro atoms. The minimum atomic E-state index is 0.675. The molecule has 1 heterocycles. The van der Waals surface area contributed by atoms with E-state index in [0.29, 0.717) is 5.02 Å². The largest absolute Gasteiger partial charge is 0.338 e. The van der Waals surface area contributed by atoms with Crippen LogP contribution in [0.2, 0.25) is 5.02 Å². The number of H-pyrrole nitrogens is 1. The van der Waals surface area contributed by atoms with Crippen molar-refractivity contribution >= 4 is 28.3 Å². The van der Waals surface area contributed by atoms with Gasteiger partial charge in [-0.05, 0) is 30.3 Å². The second-order valence-electron chi connectivity index (χ2n) is 3.94. The van der Waals surface area contributed by atoms with Crippen molar-refractivity contribution in [2.75, 3.05) is 5.43 Å². The molecule has 0 fully saturated rings. The van der Waals surface area contributed by atoms with Crippen molar-refractivity contribution in [3.63, 3.8) is 0 Å². The fourth-order valence-electron chi connectivity index (χ4n) is 1.88. The van der Waals surface area contributed by atoms with Crippen molar-refractivity contribution in [3.8, 4) is 11.4 Å². The van der Waals surface area contributed by atoms with Crippen LogP contribution >= 0.6 is 11.6 Å². The summed E-state index contributed by atoms with van der Waals surface area (Å²) in [4.78, 5) is 7.75. The number of imidazole rings is 1. The van der Waals surface area contributed by atoms with Crippen LogP contribution in [0.5, 0.6) is 0 Å². The number of rotatable bonds is 2. The highest BCUT2D eigenvalue weighted by Gasteiger charge is 2.08. The van der Waals surface area contributed by atoms with E-state index >= 15 is 0 Å². The van der Waals surface area contributed by atoms with Gasteiger partial charge in [-0.2, -0.15) is 0 Å². The minimum Gasteiger partial charge on any atom is -0.338 e. The summed E-state index contributed by atoms with van der Waals surface area (Å²) in [5.74, 6) is 6.13. The van der Waals surface area contributed by atoms with E-state index < -0.39 is 0 Å². The second kappa shape index (κ2) is 4.33. The van der Waals surface area contributed by atoms with Crippen molar-refractivity contribution in [2.45, 2.75) is 0 Å². The molecule has 0 atom stereocenters. The number of fused-ring (bicyclic) bond motifs is 1. The first kappa shape index (κ1) is 11.1. The zero-order valence-corrected chi connectivity index (χ0v) is 10.2. The van der Waals surface area contributed by atoms with Crippen LogP contribution in [0, 0.1) is 0 Å². The van der Waals surface area contributed by atoms with Crippen LogP contribution < -0.4 is 11.3 Å². The molecule has 0 saturated carbocycles. The van der Waals surface area contributed by atoms with Gasteiger partial charge in [-0.3, -0.25) is 5.84 Å². The summed E-state index contributed by atoms with van der Waals surface area (Å²) in [6.45, 7) is 0. The molecule has 5 heteroatoms. The van der Waals surface area contributed by atoms with Gasteiger partial charge in [0.1, 0.15) is 5.82 Å². The van der Waals surface area contributed by atoms with E-state index in [9.17, 15) is 0 Å². The summed E-state index contributed by atoms with van der Waals surface area (Å²) in [7, 11) is 0. The van der Waals surface area contributed by atoms with Gasteiger partial charge in [0.2, 0.25) is 0 Å². The molecule has 0 aliphatic rings. The Bertz CT molecular complexity index is 705. The Morgan fingerprint density at radius 2 is 2.00 bits per heavy atom. The molecule has 90 valence electrons. The van der Waals surface area contributed by atoms with Gasteiger partial charge in [0, 0.05) is 5.56 Å². The third-order valence-electron chi connectivity index (χ3n) is 2.78. The third kappa shape index (κ3) is 1.81. The highest BCUT2D eigenvalue weighted by Crippen LogP contribution is 2.27. The van der Waals surface area contributed by atoms with Crippen LogP contribution in [0.1, 0.15) is 0 Å². The van der Waals surface area contributed by atoms with Crippen molar-refractivity contribution in [1.82, 2.24) is 9.97 Å². The summed E-state index contributed by atoms with van der Waals surface area (Å²) in [5.41, 5.74) is 6.12. The van der Waals surface area contributed by atoms with Crippen molar-refractivity contribution in [3.05, 3.63) is 47.5 Å². The van der Waals surface area contributed by atoms with Gasteiger partial charge >= 0.3 is 0 Å². The highest BCUT2D eigenvalue weighted by molar-refractivity contribution is 6.33. The molecule has 0 amide bonds. The quantitative estimate of drug-likeness (QED) is 0.489. The summed E-state index contributed by atoms with van der Waals surface area (Å²) in [5, 5.41) is 0.675. The second-order valence-corrected chi connectivity index (χ2v) is 4.35. The molecular formula is C13H11ClN4. The number of hydrogen-bond acceptors (Lipinski definition) is 3. The number of benzene rings is 2. The van der Waals surface area contributed by atoms with Gasteiger partial charge in [0.25, 0.3) is 0 Å². The lowest BCUT2D eigenvalue weighted by molar-refractivity contribution is 1.33. The van der Waals surface area contributed by atoms with E-state index in [2.05, 4.69) is 15.4 Å². The molecule has 2 aromatic carbocycles. The molecule has 4 N–H and O–H groups in total. The molecule has 0 unspecified atom stereocenters. The molecular weight excluding hydrogens is 248 g/mol. The number of anilines is 1. The van der Waals surface area contributed by atoms with Gasteiger partial charge in [0.05, 0.1) is 21.7 Å². The SMILES string of the molecule is NNc1ccc2nc(-c3ccccc3Cl)[nH]c2c1. The van der Waals surface area contributed by atoms with Crippen LogP contribution in [0.3, 0.4) is 0 Å². The van der Waals surface area contributed by atoms with Gasteiger partial charge in [0.15, 0.2) is 0 Å². The lowest BCUT2D eigenvalue weighted by atomic mass is 10.2. The number of nitrogen functional groups attached to an aromatic ring is 1. The summed E-state index contributed by atoms with van der Waals surface area (Å²) in [6.07, 6.45) is 0. The van der Waals surface area contributed by atoms with Crippen molar-refractivity contribution in [2.24, 2.45) is 5.84 Å². The van der Waals surface area contributed by atoms with E-state index in [1.54, 1.807) is 0 Å². The predicted octanol–water partition coefficient (Wildman–Crippen LogP) is 3.17. The number of hydrogen-bond donors (Lipinski definition) is 3. The Kier molecular flexibility index (Phi) is 2.66. The smallest absolute Gasteiger partial charge is 0.139 e. The zero-order valence-electron chi connectivity index (χ0n) is 9.44. The Balaban J connectivity index is 2.17. The normalized spacial score (nSPS) is 10.8. The maximum absolute atomic E-state index is 6.15. The fourth-order valence-corrected chi connectivity index (χ4v) is 2.11. The molecule has 3 rings (SSSR count). The summed E-state index contributed by atoms with van der Waals surface area (Å²) < 4.78 is 0. The maximum Gasteiger partial charge on any atom is 0.139 e. The van der Waals surface area contributed by atoms with Crippen LogP contribution in [-0.4, -0.2) is 9.97 Å². The van der Waals surface area contributed by atoms with Gasteiger partial charge in [-0.25, -0.2) is 4.98 Å². The minimum absolute atomic E-state index is 0.675. The summed E-state index contributed by atoms with van der Waals surface area (Å²) in [6, 6.07) is 13.3. The first-order valence-electron chi connectivity index (χ1n) is 5.49. The summed E-state index contributed by atoms with van der Waals surface area (Å²) >= 11 is 6.15. The Morgan fingerprint density at radius 1 is 1.17 bits per heavy atom. The number of aromatic amines is 1. The van der Waals surface area contributed by atoms with E-state index in [1.807, 2.05) is 42.5 Å². The molecule has 0 aliphatic heterocycles. The molecule has 0 bridgehead atoms. The Hall–Kier alpha value is -2.04. The number of aromatic nitrogens is 2. The number of nitrogens with zero attached hydrogens (tertiary/aromatic N) is 1.